The summed E-state index contributed by atoms with van der Waals surface area (Å²) in [6.45, 7) is 4.46. The van der Waals surface area contributed by atoms with Crippen LogP contribution in [-0.4, -0.2) is 45.7 Å². The SMILES string of the molecule is CCOc1cc(/C=C2\SC(=O)N(CCOc3ccc(C)cc3)C2=O)ccc1Oc1ccc([N+](=O)[O-])cn1. The average molecular weight is 522 g/mol. The Morgan fingerprint density at radius 3 is 2.51 bits per heavy atom. The topological polar surface area (TPSA) is 121 Å². The van der Waals surface area contributed by atoms with E-state index < -0.39 is 10.8 Å². The fourth-order valence-corrected chi connectivity index (χ4v) is 4.22. The molecule has 0 aliphatic carbocycles. The van der Waals surface area contributed by atoms with Crippen LogP contribution in [0.5, 0.6) is 23.1 Å². The number of ether oxygens (including phenoxy) is 3. The number of rotatable bonds is 10. The van der Waals surface area contributed by atoms with Crippen molar-refractivity contribution in [1.29, 1.82) is 0 Å². The molecule has 2 amide bonds. The molecular weight excluding hydrogens is 498 g/mol. The van der Waals surface area contributed by atoms with Crippen molar-refractivity contribution in [2.24, 2.45) is 0 Å². The third-order valence-electron chi connectivity index (χ3n) is 5.19. The van der Waals surface area contributed by atoms with E-state index in [1.54, 1.807) is 24.3 Å². The van der Waals surface area contributed by atoms with Crippen molar-refractivity contribution in [3.63, 3.8) is 0 Å². The molecule has 0 unspecified atom stereocenters. The number of aryl methyl sites for hydroxylation is 1. The van der Waals surface area contributed by atoms with Gasteiger partial charge >= 0.3 is 0 Å². The van der Waals surface area contributed by atoms with Crippen molar-refractivity contribution < 1.29 is 28.7 Å². The number of amides is 2. The van der Waals surface area contributed by atoms with E-state index in [0.29, 0.717) is 29.4 Å². The van der Waals surface area contributed by atoms with Crippen molar-refractivity contribution in [2.75, 3.05) is 19.8 Å². The van der Waals surface area contributed by atoms with Crippen molar-refractivity contribution >= 4 is 34.7 Å². The zero-order chi connectivity index (χ0) is 26.4. The Labute approximate surface area is 217 Å². The first-order valence-electron chi connectivity index (χ1n) is 11.3. The maximum Gasteiger partial charge on any atom is 0.293 e. The highest BCUT2D eigenvalue weighted by Gasteiger charge is 2.34. The van der Waals surface area contributed by atoms with Gasteiger partial charge in [-0.2, -0.15) is 0 Å². The van der Waals surface area contributed by atoms with Crippen LogP contribution in [0.15, 0.2) is 65.7 Å². The van der Waals surface area contributed by atoms with Crippen LogP contribution in [0.2, 0.25) is 0 Å². The van der Waals surface area contributed by atoms with Gasteiger partial charge in [-0.25, -0.2) is 4.98 Å². The zero-order valence-corrected chi connectivity index (χ0v) is 20.9. The standard InChI is InChI=1S/C26H23N3O7S/c1-3-34-22-14-18(6-10-21(22)36-24-11-7-19(16-27-24)29(32)33)15-23-25(30)28(26(31)37-23)12-13-35-20-8-4-17(2)5-9-20/h4-11,14-16H,3,12-13H2,1-2H3/b23-15-. The predicted octanol–water partition coefficient (Wildman–Crippen LogP) is 5.60. The van der Waals surface area contributed by atoms with Gasteiger partial charge in [-0.3, -0.25) is 24.6 Å². The third kappa shape index (κ3) is 6.44. The van der Waals surface area contributed by atoms with E-state index in [2.05, 4.69) is 4.98 Å². The highest BCUT2D eigenvalue weighted by molar-refractivity contribution is 8.18. The van der Waals surface area contributed by atoms with Gasteiger partial charge in [0.2, 0.25) is 5.88 Å². The second-order valence-electron chi connectivity index (χ2n) is 7.85. The smallest absolute Gasteiger partial charge is 0.293 e. The number of hydrogen-bond donors (Lipinski definition) is 0. The van der Waals surface area contributed by atoms with Crippen molar-refractivity contribution in [3.8, 4) is 23.1 Å². The molecule has 190 valence electrons. The van der Waals surface area contributed by atoms with Crippen LogP contribution in [0.1, 0.15) is 18.1 Å². The molecule has 0 N–H and O–H groups in total. The molecule has 0 atom stereocenters. The number of carbonyl (C=O) groups excluding carboxylic acids is 2. The van der Waals surface area contributed by atoms with Crippen LogP contribution in [-0.2, 0) is 4.79 Å². The molecule has 3 aromatic rings. The molecule has 2 aromatic carbocycles. The van der Waals surface area contributed by atoms with E-state index in [1.807, 2.05) is 38.1 Å². The monoisotopic (exact) mass is 521 g/mol. The summed E-state index contributed by atoms with van der Waals surface area (Å²) in [5.74, 6) is 1.18. The highest BCUT2D eigenvalue weighted by atomic mass is 32.2. The quantitative estimate of drug-likeness (QED) is 0.190. The van der Waals surface area contributed by atoms with Crippen LogP contribution in [0.25, 0.3) is 6.08 Å². The summed E-state index contributed by atoms with van der Waals surface area (Å²) in [4.78, 5) is 41.0. The van der Waals surface area contributed by atoms with Gasteiger partial charge in [-0.1, -0.05) is 23.8 Å². The minimum Gasteiger partial charge on any atom is -0.492 e. The van der Waals surface area contributed by atoms with Crippen molar-refractivity contribution in [1.82, 2.24) is 9.88 Å². The number of imide groups is 1. The van der Waals surface area contributed by atoms with Crippen LogP contribution in [0, 0.1) is 17.0 Å². The Balaban J connectivity index is 1.44. The number of pyridine rings is 1. The molecule has 1 saturated heterocycles. The lowest BCUT2D eigenvalue weighted by Crippen LogP contribution is -2.32. The first kappa shape index (κ1) is 25.7. The van der Waals surface area contributed by atoms with Gasteiger partial charge in [0.25, 0.3) is 16.8 Å². The summed E-state index contributed by atoms with van der Waals surface area (Å²) >= 11 is 0.860. The number of carbonyl (C=O) groups is 2. The van der Waals surface area contributed by atoms with Gasteiger partial charge in [0.15, 0.2) is 11.5 Å². The van der Waals surface area contributed by atoms with E-state index >= 15 is 0 Å². The van der Waals surface area contributed by atoms with Gasteiger partial charge in [0, 0.05) is 12.1 Å². The van der Waals surface area contributed by atoms with Gasteiger partial charge in [0.05, 0.1) is 23.0 Å². The molecule has 37 heavy (non-hydrogen) atoms. The molecule has 2 heterocycles. The number of benzene rings is 2. The Morgan fingerprint density at radius 1 is 1.05 bits per heavy atom. The summed E-state index contributed by atoms with van der Waals surface area (Å²) in [5, 5.41) is 10.5. The van der Waals surface area contributed by atoms with Crippen LogP contribution in [0.3, 0.4) is 0 Å². The van der Waals surface area contributed by atoms with E-state index in [-0.39, 0.29) is 34.9 Å². The fraction of sp³-hybridized carbons (Fsp3) is 0.192. The lowest BCUT2D eigenvalue weighted by Gasteiger charge is -2.13. The predicted molar refractivity (Wildman–Crippen MR) is 138 cm³/mol. The van der Waals surface area contributed by atoms with Gasteiger partial charge in [-0.15, -0.1) is 0 Å². The van der Waals surface area contributed by atoms with Crippen LogP contribution in [0.4, 0.5) is 10.5 Å². The van der Waals surface area contributed by atoms with Crippen molar-refractivity contribution in [3.05, 3.63) is 86.9 Å². The summed E-state index contributed by atoms with van der Waals surface area (Å²) in [6.07, 6.45) is 2.72. The third-order valence-corrected chi connectivity index (χ3v) is 6.10. The molecule has 0 radical (unpaired) electrons. The van der Waals surface area contributed by atoms with E-state index in [4.69, 9.17) is 14.2 Å². The molecule has 10 nitrogen and oxygen atoms in total. The molecule has 1 aliphatic rings. The molecule has 4 rings (SSSR count). The maximum absolute atomic E-state index is 12.8. The molecule has 0 bridgehead atoms. The van der Waals surface area contributed by atoms with Gasteiger partial charge < -0.3 is 14.2 Å². The minimum atomic E-state index is -0.546. The molecule has 0 saturated carbocycles. The normalized spacial score (nSPS) is 14.2. The Bertz CT molecular complexity index is 1340. The second-order valence-corrected chi connectivity index (χ2v) is 8.84. The first-order chi connectivity index (χ1) is 17.8. The van der Waals surface area contributed by atoms with Gasteiger partial charge in [-0.05, 0) is 61.5 Å². The summed E-state index contributed by atoms with van der Waals surface area (Å²) in [7, 11) is 0. The lowest BCUT2D eigenvalue weighted by atomic mass is 10.2. The highest BCUT2D eigenvalue weighted by Crippen LogP contribution is 2.36. The van der Waals surface area contributed by atoms with Gasteiger partial charge in [0.1, 0.15) is 18.6 Å². The number of thioether (sulfide) groups is 1. The van der Waals surface area contributed by atoms with E-state index in [0.717, 1.165) is 28.4 Å². The zero-order valence-electron chi connectivity index (χ0n) is 20.1. The Hall–Kier alpha value is -4.38. The lowest BCUT2D eigenvalue weighted by molar-refractivity contribution is -0.385. The number of hydrogen-bond acceptors (Lipinski definition) is 9. The van der Waals surface area contributed by atoms with Crippen LogP contribution >= 0.6 is 11.8 Å². The second kappa shape index (κ2) is 11.6. The molecular formula is C26H23N3O7S. The maximum atomic E-state index is 12.8. The van der Waals surface area contributed by atoms with Crippen LogP contribution < -0.4 is 14.2 Å². The molecule has 1 fully saturated rings. The largest absolute Gasteiger partial charge is 0.492 e. The Kier molecular flexibility index (Phi) is 8.04. The van der Waals surface area contributed by atoms with E-state index in [1.165, 1.54) is 12.1 Å². The average Bonchev–Trinajstić information content (AvgIpc) is 3.14. The van der Waals surface area contributed by atoms with Crippen molar-refractivity contribution in [2.45, 2.75) is 13.8 Å². The molecule has 11 heteroatoms. The number of nitro groups is 1. The molecule has 1 aromatic heterocycles. The summed E-state index contributed by atoms with van der Waals surface area (Å²) in [5.41, 5.74) is 1.59. The minimum absolute atomic E-state index is 0.134. The molecule has 0 spiro atoms. The molecule has 1 aliphatic heterocycles. The number of nitrogens with zero attached hydrogens (tertiary/aromatic N) is 3. The Morgan fingerprint density at radius 2 is 1.84 bits per heavy atom. The number of aromatic nitrogens is 1. The van der Waals surface area contributed by atoms with E-state index in [9.17, 15) is 19.7 Å². The summed E-state index contributed by atoms with van der Waals surface area (Å²) in [6, 6.07) is 15.2. The summed E-state index contributed by atoms with van der Waals surface area (Å²) < 4.78 is 17.1. The first-order valence-corrected chi connectivity index (χ1v) is 12.2. The fourth-order valence-electron chi connectivity index (χ4n) is 3.35.